The molecule has 4 nitrogen and oxygen atoms in total. The monoisotopic (exact) mass is 490 g/mol. The van der Waals surface area contributed by atoms with Crippen molar-refractivity contribution in [2.45, 2.75) is 32.9 Å². The van der Waals surface area contributed by atoms with Crippen LogP contribution in [0.2, 0.25) is 5.02 Å². The second kappa shape index (κ2) is 8.85. The van der Waals surface area contributed by atoms with Crippen LogP contribution in [0.25, 0.3) is 5.69 Å². The van der Waals surface area contributed by atoms with Crippen molar-refractivity contribution < 1.29 is 4.39 Å². The Kier molecular flexibility index (Phi) is 5.88. The lowest BCUT2D eigenvalue weighted by Gasteiger charge is -2.28. The van der Waals surface area contributed by atoms with Crippen molar-refractivity contribution in [2.24, 2.45) is 0 Å². The van der Waals surface area contributed by atoms with Gasteiger partial charge in [-0.1, -0.05) is 23.7 Å². The van der Waals surface area contributed by atoms with Crippen molar-refractivity contribution in [1.29, 1.82) is 0 Å². The maximum Gasteiger partial charge on any atom is 0.174 e. The zero-order valence-corrected chi connectivity index (χ0v) is 20.7. The predicted molar refractivity (Wildman–Crippen MR) is 139 cm³/mol. The van der Waals surface area contributed by atoms with Gasteiger partial charge in [0.25, 0.3) is 0 Å². The number of pyridine rings is 1. The minimum absolute atomic E-state index is 0.173. The lowest BCUT2D eigenvalue weighted by molar-refractivity contribution is 0.565. The van der Waals surface area contributed by atoms with Crippen molar-refractivity contribution >= 4 is 34.6 Å². The molecule has 2 aromatic carbocycles. The normalized spacial score (nSPS) is 17.8. The summed E-state index contributed by atoms with van der Waals surface area (Å²) in [7, 11) is 0. The van der Waals surface area contributed by atoms with Crippen LogP contribution in [0.15, 0.2) is 72.9 Å². The molecule has 0 spiro atoms. The van der Waals surface area contributed by atoms with Crippen molar-refractivity contribution in [2.75, 3.05) is 4.90 Å². The molecule has 7 heteroatoms. The zero-order chi connectivity index (χ0) is 24.0. The van der Waals surface area contributed by atoms with E-state index in [9.17, 15) is 4.39 Å². The minimum atomic E-state index is -0.283. The van der Waals surface area contributed by atoms with Gasteiger partial charge in [-0.25, -0.2) is 4.39 Å². The third-order valence-corrected chi connectivity index (χ3v) is 7.20. The highest BCUT2D eigenvalue weighted by molar-refractivity contribution is 7.80. The fourth-order valence-corrected chi connectivity index (χ4v) is 5.36. The van der Waals surface area contributed by atoms with Crippen molar-refractivity contribution in [3.63, 3.8) is 0 Å². The first-order chi connectivity index (χ1) is 16.4. The smallest absolute Gasteiger partial charge is 0.174 e. The average Bonchev–Trinajstić information content (AvgIpc) is 3.32. The van der Waals surface area contributed by atoms with E-state index in [-0.39, 0.29) is 17.9 Å². The first kappa shape index (κ1) is 22.6. The fraction of sp³-hybridized carbons (Fsp3) is 0.185. The van der Waals surface area contributed by atoms with Crippen LogP contribution < -0.4 is 10.2 Å². The van der Waals surface area contributed by atoms with E-state index >= 15 is 0 Å². The Morgan fingerprint density at radius 1 is 1.00 bits per heavy atom. The number of aromatic nitrogens is 2. The Morgan fingerprint density at radius 3 is 2.47 bits per heavy atom. The lowest BCUT2D eigenvalue weighted by atomic mass is 9.96. The van der Waals surface area contributed by atoms with E-state index in [4.69, 9.17) is 23.8 Å². The first-order valence-corrected chi connectivity index (χ1v) is 11.9. The SMILES string of the molecule is Cc1c(Cl)cccc1-n1c(C)cc([C@H]2[C@H](c3ccccn3)NC(=S)N2c2ccc(F)cc2)c1C. The largest absolute Gasteiger partial charge is 0.351 e. The second-order valence-electron chi connectivity index (χ2n) is 8.52. The highest BCUT2D eigenvalue weighted by atomic mass is 35.5. The first-order valence-electron chi connectivity index (χ1n) is 11.1. The molecule has 0 amide bonds. The van der Waals surface area contributed by atoms with Gasteiger partial charge in [-0.15, -0.1) is 0 Å². The molecule has 0 bridgehead atoms. The van der Waals surface area contributed by atoms with Crippen molar-refractivity contribution in [3.8, 4) is 5.69 Å². The molecule has 5 rings (SSSR count). The molecule has 0 saturated carbocycles. The quantitative estimate of drug-likeness (QED) is 0.320. The maximum absolute atomic E-state index is 13.7. The number of hydrogen-bond donors (Lipinski definition) is 1. The van der Waals surface area contributed by atoms with E-state index in [1.165, 1.54) is 12.1 Å². The Balaban J connectivity index is 1.70. The summed E-state index contributed by atoms with van der Waals surface area (Å²) < 4.78 is 16.0. The molecule has 1 aliphatic rings. The minimum Gasteiger partial charge on any atom is -0.351 e. The number of aryl methyl sites for hydroxylation is 1. The Hall–Kier alpha value is -3.22. The van der Waals surface area contributed by atoms with Gasteiger partial charge >= 0.3 is 0 Å². The zero-order valence-electron chi connectivity index (χ0n) is 19.1. The summed E-state index contributed by atoms with van der Waals surface area (Å²) in [6.07, 6.45) is 1.79. The average molecular weight is 491 g/mol. The number of thiocarbonyl (C=S) groups is 1. The predicted octanol–water partition coefficient (Wildman–Crippen LogP) is 6.77. The number of rotatable bonds is 4. The summed E-state index contributed by atoms with van der Waals surface area (Å²) in [5.74, 6) is -0.283. The van der Waals surface area contributed by atoms with Gasteiger partial charge in [0.15, 0.2) is 5.11 Å². The molecule has 0 radical (unpaired) electrons. The van der Waals surface area contributed by atoms with Crippen LogP contribution in [0.3, 0.4) is 0 Å². The van der Waals surface area contributed by atoms with Crippen LogP contribution in [-0.4, -0.2) is 14.7 Å². The number of benzene rings is 2. The summed E-state index contributed by atoms with van der Waals surface area (Å²) >= 11 is 12.2. The topological polar surface area (TPSA) is 33.1 Å². The lowest BCUT2D eigenvalue weighted by Crippen LogP contribution is -2.29. The molecule has 1 fully saturated rings. The van der Waals surface area contributed by atoms with Gasteiger partial charge in [0.1, 0.15) is 5.82 Å². The van der Waals surface area contributed by atoms with Crippen LogP contribution in [-0.2, 0) is 0 Å². The molecular formula is C27H24ClFN4S. The molecule has 0 unspecified atom stereocenters. The second-order valence-corrected chi connectivity index (χ2v) is 9.31. The molecule has 34 heavy (non-hydrogen) atoms. The third-order valence-electron chi connectivity index (χ3n) is 6.47. The molecule has 172 valence electrons. The summed E-state index contributed by atoms with van der Waals surface area (Å²) in [6, 6.07) is 20.1. The summed E-state index contributed by atoms with van der Waals surface area (Å²) in [4.78, 5) is 6.68. The van der Waals surface area contributed by atoms with Crippen LogP contribution in [0.5, 0.6) is 0 Å². The number of nitrogens with zero attached hydrogens (tertiary/aromatic N) is 3. The third kappa shape index (κ3) is 3.77. The molecule has 3 heterocycles. The Morgan fingerprint density at radius 2 is 1.76 bits per heavy atom. The number of nitrogens with one attached hydrogen (secondary N) is 1. The summed E-state index contributed by atoms with van der Waals surface area (Å²) in [5, 5.41) is 4.78. The molecule has 0 aliphatic carbocycles. The van der Waals surface area contributed by atoms with E-state index < -0.39 is 0 Å². The summed E-state index contributed by atoms with van der Waals surface area (Å²) in [6.45, 7) is 6.24. The van der Waals surface area contributed by atoms with E-state index in [0.717, 1.165) is 44.6 Å². The van der Waals surface area contributed by atoms with E-state index in [0.29, 0.717) is 5.11 Å². The van der Waals surface area contributed by atoms with Crippen molar-refractivity contribution in [3.05, 3.63) is 112 Å². The van der Waals surface area contributed by atoms with Crippen LogP contribution in [0, 0.1) is 26.6 Å². The number of hydrogen-bond acceptors (Lipinski definition) is 2. The van der Waals surface area contributed by atoms with Gasteiger partial charge in [0.2, 0.25) is 0 Å². The van der Waals surface area contributed by atoms with Crippen LogP contribution >= 0.6 is 23.8 Å². The molecule has 1 N–H and O–H groups in total. The summed E-state index contributed by atoms with van der Waals surface area (Å²) in [5.41, 5.74) is 7.08. The molecule has 1 aliphatic heterocycles. The highest BCUT2D eigenvalue weighted by Crippen LogP contribution is 2.44. The Bertz CT molecular complexity index is 1370. The molecule has 4 aromatic rings. The van der Waals surface area contributed by atoms with Gasteiger partial charge in [-0.3, -0.25) is 4.98 Å². The standard InChI is InChI=1S/C27H24ClFN4S/c1-16-15-21(18(3)32(16)24-9-6-7-22(28)17(24)2)26-25(23-8-4-5-14-30-23)31-27(34)33(26)20-12-10-19(29)11-13-20/h4-15,25-26H,1-3H3,(H,31,34)/t25-,26-/m0/s1. The molecule has 1 saturated heterocycles. The van der Waals surface area contributed by atoms with Crippen LogP contribution in [0.1, 0.15) is 40.3 Å². The van der Waals surface area contributed by atoms with E-state index in [2.05, 4.69) is 45.7 Å². The fourth-order valence-electron chi connectivity index (χ4n) is 4.85. The molecule has 2 aromatic heterocycles. The maximum atomic E-state index is 13.7. The number of halogens is 2. The number of anilines is 1. The van der Waals surface area contributed by atoms with Gasteiger partial charge < -0.3 is 14.8 Å². The van der Waals surface area contributed by atoms with Gasteiger partial charge in [0.05, 0.1) is 17.8 Å². The van der Waals surface area contributed by atoms with Gasteiger partial charge in [0, 0.05) is 34.0 Å². The molecular weight excluding hydrogens is 467 g/mol. The Labute approximate surface area is 209 Å². The van der Waals surface area contributed by atoms with Gasteiger partial charge in [-0.05, 0) is 98.7 Å². The van der Waals surface area contributed by atoms with Crippen molar-refractivity contribution in [1.82, 2.24) is 14.9 Å². The van der Waals surface area contributed by atoms with E-state index in [1.54, 1.807) is 18.3 Å². The highest BCUT2D eigenvalue weighted by Gasteiger charge is 2.42. The van der Waals surface area contributed by atoms with Crippen LogP contribution in [0.4, 0.5) is 10.1 Å². The van der Waals surface area contributed by atoms with Gasteiger partial charge in [-0.2, -0.15) is 0 Å². The molecule has 2 atom stereocenters. The van der Waals surface area contributed by atoms with E-state index in [1.807, 2.05) is 37.3 Å².